The highest BCUT2D eigenvalue weighted by atomic mass is 79.9. The second-order valence-electron chi connectivity index (χ2n) is 3.71. The van der Waals surface area contributed by atoms with Gasteiger partial charge in [-0.3, -0.25) is 0 Å². The van der Waals surface area contributed by atoms with Gasteiger partial charge >= 0.3 is 0 Å². The van der Waals surface area contributed by atoms with Crippen LogP contribution in [0.4, 0.5) is 5.69 Å². The molecule has 1 aromatic carbocycles. The molecule has 0 saturated heterocycles. The van der Waals surface area contributed by atoms with E-state index in [0.717, 1.165) is 23.2 Å². The number of nitrogens with one attached hydrogen (secondary N) is 1. The predicted octanol–water partition coefficient (Wildman–Crippen LogP) is 3.88. The van der Waals surface area contributed by atoms with Gasteiger partial charge in [0.15, 0.2) is 0 Å². The molecule has 0 radical (unpaired) electrons. The summed E-state index contributed by atoms with van der Waals surface area (Å²) in [6.45, 7) is 4.03. The Labute approximate surface area is 104 Å². The molecule has 84 valence electrons. The standard InChI is InChI=1S/C13H15BrN2/c1-2-16-7-6-11(10-16)9-15-13-5-3-4-12(14)8-13/h3-8,10,15H,2,9H2,1H3. The largest absolute Gasteiger partial charge is 0.381 e. The number of hydrogen-bond acceptors (Lipinski definition) is 1. The van der Waals surface area contributed by atoms with E-state index in [4.69, 9.17) is 0 Å². The van der Waals surface area contributed by atoms with E-state index >= 15 is 0 Å². The van der Waals surface area contributed by atoms with Gasteiger partial charge in [0.1, 0.15) is 0 Å². The van der Waals surface area contributed by atoms with Crippen LogP contribution in [0.15, 0.2) is 47.2 Å². The second-order valence-corrected chi connectivity index (χ2v) is 4.63. The lowest BCUT2D eigenvalue weighted by molar-refractivity contribution is 0.766. The monoisotopic (exact) mass is 278 g/mol. The van der Waals surface area contributed by atoms with Crippen LogP contribution < -0.4 is 5.32 Å². The molecule has 2 nitrogen and oxygen atoms in total. The highest BCUT2D eigenvalue weighted by Gasteiger charge is 1.96. The van der Waals surface area contributed by atoms with E-state index in [1.54, 1.807) is 0 Å². The summed E-state index contributed by atoms with van der Waals surface area (Å²) in [5, 5.41) is 3.40. The minimum Gasteiger partial charge on any atom is -0.381 e. The Balaban J connectivity index is 1.96. The van der Waals surface area contributed by atoms with Gasteiger partial charge < -0.3 is 9.88 Å². The zero-order valence-electron chi connectivity index (χ0n) is 9.28. The first kappa shape index (κ1) is 11.3. The van der Waals surface area contributed by atoms with Crippen LogP contribution in [0, 0.1) is 0 Å². The van der Waals surface area contributed by atoms with Crippen molar-refractivity contribution in [2.24, 2.45) is 0 Å². The summed E-state index contributed by atoms with van der Waals surface area (Å²) in [5.74, 6) is 0. The molecule has 0 bridgehead atoms. The van der Waals surface area contributed by atoms with Crippen molar-refractivity contribution in [2.75, 3.05) is 5.32 Å². The first-order valence-corrected chi connectivity index (χ1v) is 6.21. The van der Waals surface area contributed by atoms with E-state index in [0.29, 0.717) is 0 Å². The molecule has 0 aliphatic rings. The van der Waals surface area contributed by atoms with E-state index in [-0.39, 0.29) is 0 Å². The molecule has 0 unspecified atom stereocenters. The minimum absolute atomic E-state index is 0.865. The normalized spacial score (nSPS) is 10.4. The molecular formula is C13H15BrN2. The first-order valence-electron chi connectivity index (χ1n) is 5.42. The minimum atomic E-state index is 0.865. The van der Waals surface area contributed by atoms with Gasteiger partial charge in [0.05, 0.1) is 0 Å². The number of halogens is 1. The molecule has 1 aromatic heterocycles. The third-order valence-corrected chi connectivity index (χ3v) is 2.99. The van der Waals surface area contributed by atoms with Crippen molar-refractivity contribution in [2.45, 2.75) is 20.0 Å². The topological polar surface area (TPSA) is 17.0 Å². The summed E-state index contributed by atoms with van der Waals surface area (Å²) < 4.78 is 3.28. The average molecular weight is 279 g/mol. The molecule has 1 N–H and O–H groups in total. The Morgan fingerprint density at radius 3 is 2.88 bits per heavy atom. The maximum atomic E-state index is 3.46. The molecule has 1 heterocycles. The Morgan fingerprint density at radius 2 is 2.19 bits per heavy atom. The smallest absolute Gasteiger partial charge is 0.0415 e. The van der Waals surface area contributed by atoms with E-state index in [9.17, 15) is 0 Å². The Hall–Kier alpha value is -1.22. The zero-order chi connectivity index (χ0) is 11.4. The van der Waals surface area contributed by atoms with Crippen LogP contribution in [0.1, 0.15) is 12.5 Å². The fraction of sp³-hybridized carbons (Fsp3) is 0.231. The van der Waals surface area contributed by atoms with Gasteiger partial charge in [0, 0.05) is 35.6 Å². The quantitative estimate of drug-likeness (QED) is 0.898. The molecule has 0 fully saturated rings. The number of aromatic nitrogens is 1. The van der Waals surface area contributed by atoms with Gasteiger partial charge in [-0.1, -0.05) is 22.0 Å². The number of nitrogens with zero attached hydrogens (tertiary/aromatic N) is 1. The van der Waals surface area contributed by atoms with Crippen molar-refractivity contribution < 1.29 is 0 Å². The summed E-state index contributed by atoms with van der Waals surface area (Å²) in [5.41, 5.74) is 2.44. The Kier molecular flexibility index (Phi) is 3.67. The lowest BCUT2D eigenvalue weighted by Crippen LogP contribution is -1.98. The maximum absolute atomic E-state index is 3.46. The molecule has 0 aliphatic carbocycles. The van der Waals surface area contributed by atoms with Crippen LogP contribution in [-0.2, 0) is 13.1 Å². The Morgan fingerprint density at radius 1 is 1.31 bits per heavy atom. The molecule has 0 atom stereocenters. The fourth-order valence-corrected chi connectivity index (χ4v) is 1.99. The summed E-state index contributed by atoms with van der Waals surface area (Å²) in [6.07, 6.45) is 4.28. The zero-order valence-corrected chi connectivity index (χ0v) is 10.9. The molecule has 3 heteroatoms. The van der Waals surface area contributed by atoms with Crippen LogP contribution in [0.25, 0.3) is 0 Å². The van der Waals surface area contributed by atoms with Crippen LogP contribution >= 0.6 is 15.9 Å². The number of anilines is 1. The summed E-state index contributed by atoms with van der Waals surface area (Å²) in [6, 6.07) is 10.4. The lowest BCUT2D eigenvalue weighted by atomic mass is 10.3. The average Bonchev–Trinajstić information content (AvgIpc) is 2.74. The van der Waals surface area contributed by atoms with Crippen molar-refractivity contribution in [3.63, 3.8) is 0 Å². The Bertz CT molecular complexity index is 462. The van der Waals surface area contributed by atoms with Gasteiger partial charge in [0.25, 0.3) is 0 Å². The van der Waals surface area contributed by atoms with Gasteiger partial charge in [-0.15, -0.1) is 0 Å². The van der Waals surface area contributed by atoms with Crippen LogP contribution in [0.2, 0.25) is 0 Å². The van der Waals surface area contributed by atoms with E-state index in [2.05, 4.69) is 63.3 Å². The molecule has 16 heavy (non-hydrogen) atoms. The molecule has 0 amide bonds. The summed E-state index contributed by atoms with van der Waals surface area (Å²) >= 11 is 3.46. The molecule has 2 aromatic rings. The molecule has 0 spiro atoms. The van der Waals surface area contributed by atoms with Crippen molar-refractivity contribution in [3.8, 4) is 0 Å². The highest BCUT2D eigenvalue weighted by molar-refractivity contribution is 9.10. The van der Waals surface area contributed by atoms with E-state index in [1.807, 2.05) is 12.1 Å². The second kappa shape index (κ2) is 5.21. The van der Waals surface area contributed by atoms with Crippen molar-refractivity contribution in [1.29, 1.82) is 0 Å². The number of aryl methyl sites for hydroxylation is 1. The SMILES string of the molecule is CCn1ccc(CNc2cccc(Br)c2)c1. The third kappa shape index (κ3) is 2.89. The lowest BCUT2D eigenvalue weighted by Gasteiger charge is -2.05. The number of hydrogen-bond donors (Lipinski definition) is 1. The summed E-state index contributed by atoms with van der Waals surface area (Å²) in [7, 11) is 0. The van der Waals surface area contributed by atoms with Crippen molar-refractivity contribution >= 4 is 21.6 Å². The molecule has 0 aliphatic heterocycles. The first-order chi connectivity index (χ1) is 7.78. The van der Waals surface area contributed by atoms with Crippen LogP contribution in [0.5, 0.6) is 0 Å². The predicted molar refractivity (Wildman–Crippen MR) is 71.6 cm³/mol. The molecule has 2 rings (SSSR count). The van der Waals surface area contributed by atoms with Gasteiger partial charge in [-0.2, -0.15) is 0 Å². The highest BCUT2D eigenvalue weighted by Crippen LogP contribution is 2.16. The number of benzene rings is 1. The van der Waals surface area contributed by atoms with Gasteiger partial charge in [0.2, 0.25) is 0 Å². The third-order valence-electron chi connectivity index (χ3n) is 2.50. The van der Waals surface area contributed by atoms with Crippen molar-refractivity contribution in [3.05, 3.63) is 52.8 Å². The van der Waals surface area contributed by atoms with Gasteiger partial charge in [-0.25, -0.2) is 0 Å². The van der Waals surface area contributed by atoms with Gasteiger partial charge in [-0.05, 0) is 36.8 Å². The molecular weight excluding hydrogens is 264 g/mol. The van der Waals surface area contributed by atoms with Crippen LogP contribution in [0.3, 0.4) is 0 Å². The summed E-state index contributed by atoms with van der Waals surface area (Å²) in [4.78, 5) is 0. The van der Waals surface area contributed by atoms with E-state index < -0.39 is 0 Å². The fourth-order valence-electron chi connectivity index (χ4n) is 1.59. The van der Waals surface area contributed by atoms with Crippen molar-refractivity contribution in [1.82, 2.24) is 4.57 Å². The maximum Gasteiger partial charge on any atom is 0.0415 e. The van der Waals surface area contributed by atoms with Crippen LogP contribution in [-0.4, -0.2) is 4.57 Å². The number of rotatable bonds is 4. The van der Waals surface area contributed by atoms with E-state index in [1.165, 1.54) is 5.56 Å². The molecule has 0 saturated carbocycles.